The molecule has 18 heavy (non-hydrogen) atoms. The summed E-state index contributed by atoms with van der Waals surface area (Å²) in [5, 5.41) is 2.59. The molecule has 1 heterocycles. The first-order chi connectivity index (χ1) is 8.31. The molecule has 100 valence electrons. The van der Waals surface area contributed by atoms with Crippen molar-refractivity contribution in [1.82, 2.24) is 10.3 Å². The number of carbonyl (C=O) groups is 1. The quantitative estimate of drug-likeness (QED) is 0.835. The number of halogens is 3. The predicted molar refractivity (Wildman–Crippen MR) is 60.7 cm³/mol. The highest BCUT2D eigenvalue weighted by atomic mass is 19.2. The third-order valence-electron chi connectivity index (χ3n) is 2.06. The van der Waals surface area contributed by atoms with Crippen molar-refractivity contribution < 1.29 is 18.0 Å². The maximum atomic E-state index is 13.4. The van der Waals surface area contributed by atoms with E-state index in [2.05, 4.69) is 10.3 Å². The Morgan fingerprint density at radius 3 is 2.56 bits per heavy atom. The largest absolute Gasteiger partial charge is 0.352 e. The van der Waals surface area contributed by atoms with Crippen molar-refractivity contribution in [2.24, 2.45) is 0 Å². The number of hydrogen-bond donors (Lipinski definition) is 1. The van der Waals surface area contributed by atoms with Gasteiger partial charge >= 0.3 is 0 Å². The smallest absolute Gasteiger partial charge is 0.251 e. The van der Waals surface area contributed by atoms with Gasteiger partial charge in [0.15, 0.2) is 17.5 Å². The number of anilines is 1. The van der Waals surface area contributed by atoms with Crippen LogP contribution in [-0.2, 0) is 4.79 Å². The minimum atomic E-state index is -1.40. The average Bonchev–Trinajstić information content (AvgIpc) is 2.21. The predicted octanol–water partition coefficient (Wildman–Crippen LogP) is 1.46. The van der Waals surface area contributed by atoms with Crippen molar-refractivity contribution in [2.45, 2.75) is 19.9 Å². The summed E-state index contributed by atoms with van der Waals surface area (Å²) in [6.07, 6.45) is 0. The fourth-order valence-electron chi connectivity index (χ4n) is 1.36. The number of rotatable bonds is 4. The van der Waals surface area contributed by atoms with E-state index >= 15 is 0 Å². The summed E-state index contributed by atoms with van der Waals surface area (Å²) in [6, 6.07) is 0.336. The molecule has 1 aromatic rings. The van der Waals surface area contributed by atoms with Gasteiger partial charge in [-0.2, -0.15) is 9.37 Å². The molecule has 1 N–H and O–H groups in total. The van der Waals surface area contributed by atoms with Crippen LogP contribution >= 0.6 is 0 Å². The van der Waals surface area contributed by atoms with Gasteiger partial charge in [-0.15, -0.1) is 0 Å². The van der Waals surface area contributed by atoms with Gasteiger partial charge in [-0.25, -0.2) is 8.78 Å². The third-order valence-corrected chi connectivity index (χ3v) is 2.06. The van der Waals surface area contributed by atoms with Crippen LogP contribution in [0.15, 0.2) is 6.07 Å². The first-order valence-corrected chi connectivity index (χ1v) is 5.33. The first kappa shape index (κ1) is 14.3. The summed E-state index contributed by atoms with van der Waals surface area (Å²) < 4.78 is 38.9. The number of nitrogens with one attached hydrogen (secondary N) is 1. The van der Waals surface area contributed by atoms with E-state index < -0.39 is 23.4 Å². The second-order valence-corrected chi connectivity index (χ2v) is 4.14. The number of nitrogens with zero attached hydrogens (tertiary/aromatic N) is 2. The summed E-state index contributed by atoms with van der Waals surface area (Å²) in [4.78, 5) is 15.7. The second kappa shape index (κ2) is 5.70. The molecule has 0 aliphatic rings. The Hall–Kier alpha value is -1.79. The summed E-state index contributed by atoms with van der Waals surface area (Å²) in [7, 11) is 1.36. The molecular formula is C11H14F3N3O. The topological polar surface area (TPSA) is 45.2 Å². The highest BCUT2D eigenvalue weighted by molar-refractivity contribution is 5.81. The molecule has 0 atom stereocenters. The van der Waals surface area contributed by atoms with Gasteiger partial charge < -0.3 is 10.2 Å². The van der Waals surface area contributed by atoms with E-state index in [1.54, 1.807) is 13.8 Å². The minimum Gasteiger partial charge on any atom is -0.352 e. The van der Waals surface area contributed by atoms with Gasteiger partial charge in [-0.1, -0.05) is 0 Å². The normalized spacial score (nSPS) is 10.6. The zero-order valence-corrected chi connectivity index (χ0v) is 10.3. The van der Waals surface area contributed by atoms with Crippen LogP contribution in [0.25, 0.3) is 0 Å². The van der Waals surface area contributed by atoms with E-state index in [-0.39, 0.29) is 18.5 Å². The number of carbonyl (C=O) groups excluding carboxylic acids is 1. The van der Waals surface area contributed by atoms with E-state index in [4.69, 9.17) is 0 Å². The average molecular weight is 261 g/mol. The van der Waals surface area contributed by atoms with Crippen molar-refractivity contribution in [3.05, 3.63) is 23.6 Å². The lowest BCUT2D eigenvalue weighted by Gasteiger charge is -2.19. The SMILES string of the molecule is CC(C)NC(=O)CN(C)c1nc(F)c(F)cc1F. The van der Waals surface area contributed by atoms with E-state index in [9.17, 15) is 18.0 Å². The van der Waals surface area contributed by atoms with Gasteiger partial charge in [-0.3, -0.25) is 4.79 Å². The van der Waals surface area contributed by atoms with Crippen LogP contribution in [0, 0.1) is 17.6 Å². The second-order valence-electron chi connectivity index (χ2n) is 4.14. The molecule has 1 aromatic heterocycles. The number of likely N-dealkylation sites (N-methyl/N-ethyl adjacent to an activating group) is 1. The zero-order chi connectivity index (χ0) is 13.9. The van der Waals surface area contributed by atoms with Crippen molar-refractivity contribution >= 4 is 11.7 Å². The molecule has 0 radical (unpaired) electrons. The molecule has 0 unspecified atom stereocenters. The molecule has 0 saturated carbocycles. The number of amides is 1. The monoisotopic (exact) mass is 261 g/mol. The Balaban J connectivity index is 2.81. The lowest BCUT2D eigenvalue weighted by atomic mass is 10.3. The van der Waals surface area contributed by atoms with E-state index in [0.717, 1.165) is 4.90 Å². The van der Waals surface area contributed by atoms with Crippen LogP contribution in [-0.4, -0.2) is 30.5 Å². The summed E-state index contributed by atoms with van der Waals surface area (Å²) in [5.41, 5.74) is 0. The Morgan fingerprint density at radius 2 is 2.00 bits per heavy atom. The summed E-state index contributed by atoms with van der Waals surface area (Å²) >= 11 is 0. The maximum Gasteiger partial charge on any atom is 0.251 e. The van der Waals surface area contributed by atoms with Gasteiger partial charge in [0.1, 0.15) is 0 Å². The third kappa shape index (κ3) is 3.61. The van der Waals surface area contributed by atoms with Crippen LogP contribution in [0.2, 0.25) is 0 Å². The highest BCUT2D eigenvalue weighted by Gasteiger charge is 2.17. The molecule has 0 aliphatic carbocycles. The van der Waals surface area contributed by atoms with Gasteiger partial charge in [0.25, 0.3) is 5.95 Å². The Labute approximate surface area is 103 Å². The van der Waals surface area contributed by atoms with E-state index in [1.165, 1.54) is 7.05 Å². The maximum absolute atomic E-state index is 13.4. The molecule has 0 aliphatic heterocycles. The molecule has 0 aromatic carbocycles. The summed E-state index contributed by atoms with van der Waals surface area (Å²) in [6.45, 7) is 3.34. The lowest BCUT2D eigenvalue weighted by Crippen LogP contribution is -2.39. The van der Waals surface area contributed by atoms with Crippen molar-refractivity contribution in [3.8, 4) is 0 Å². The van der Waals surface area contributed by atoms with Gasteiger partial charge in [0.2, 0.25) is 5.91 Å². The van der Waals surface area contributed by atoms with Crippen LogP contribution in [0.5, 0.6) is 0 Å². The van der Waals surface area contributed by atoms with Crippen LogP contribution in [0.4, 0.5) is 19.0 Å². The van der Waals surface area contributed by atoms with Crippen molar-refractivity contribution in [3.63, 3.8) is 0 Å². The lowest BCUT2D eigenvalue weighted by molar-refractivity contribution is -0.120. The van der Waals surface area contributed by atoms with Gasteiger partial charge in [0, 0.05) is 19.2 Å². The molecule has 4 nitrogen and oxygen atoms in total. The van der Waals surface area contributed by atoms with Gasteiger partial charge in [0.05, 0.1) is 6.54 Å². The van der Waals surface area contributed by atoms with Crippen LogP contribution in [0.3, 0.4) is 0 Å². The van der Waals surface area contributed by atoms with Gasteiger partial charge in [-0.05, 0) is 13.8 Å². The first-order valence-electron chi connectivity index (χ1n) is 5.33. The van der Waals surface area contributed by atoms with Crippen molar-refractivity contribution in [1.29, 1.82) is 0 Å². The molecule has 1 amide bonds. The molecule has 0 spiro atoms. The number of hydrogen-bond acceptors (Lipinski definition) is 3. The Morgan fingerprint density at radius 1 is 1.39 bits per heavy atom. The van der Waals surface area contributed by atoms with Crippen LogP contribution < -0.4 is 10.2 Å². The molecule has 0 fully saturated rings. The Kier molecular flexibility index (Phi) is 4.52. The highest BCUT2D eigenvalue weighted by Crippen LogP contribution is 2.17. The molecule has 0 saturated heterocycles. The Bertz CT molecular complexity index is 451. The van der Waals surface area contributed by atoms with E-state index in [0.29, 0.717) is 6.07 Å². The molecular weight excluding hydrogens is 247 g/mol. The van der Waals surface area contributed by atoms with Crippen molar-refractivity contribution in [2.75, 3.05) is 18.5 Å². The molecule has 7 heteroatoms. The minimum absolute atomic E-state index is 0.0614. The zero-order valence-electron chi connectivity index (χ0n) is 10.3. The fourth-order valence-corrected chi connectivity index (χ4v) is 1.36. The van der Waals surface area contributed by atoms with E-state index in [1.807, 2.05) is 0 Å². The number of aromatic nitrogens is 1. The number of pyridine rings is 1. The fraction of sp³-hybridized carbons (Fsp3) is 0.455. The standard InChI is InChI=1S/C11H14F3N3O/c1-6(2)15-9(18)5-17(3)11-8(13)4-7(12)10(14)16-11/h4,6H,5H2,1-3H3,(H,15,18). The molecule has 0 bridgehead atoms. The summed E-state index contributed by atoms with van der Waals surface area (Å²) in [5.74, 6) is -4.56. The molecule has 1 rings (SSSR count). The van der Waals surface area contributed by atoms with Crippen LogP contribution in [0.1, 0.15) is 13.8 Å².